The summed E-state index contributed by atoms with van der Waals surface area (Å²) in [7, 11) is 0. The van der Waals surface area contributed by atoms with E-state index in [-0.39, 0.29) is 0 Å². The van der Waals surface area contributed by atoms with Gasteiger partial charge in [0.2, 0.25) is 5.95 Å². The lowest BCUT2D eigenvalue weighted by atomic mass is 10.3. The first-order chi connectivity index (χ1) is 10.1. The van der Waals surface area contributed by atoms with Gasteiger partial charge < -0.3 is 9.80 Å². The van der Waals surface area contributed by atoms with Crippen LogP contribution in [0.25, 0.3) is 0 Å². The van der Waals surface area contributed by atoms with Crippen molar-refractivity contribution in [2.24, 2.45) is 0 Å². The average Bonchev–Trinajstić information content (AvgIpc) is 2.47. The molecule has 0 aromatic carbocycles. The summed E-state index contributed by atoms with van der Waals surface area (Å²) in [6.45, 7) is 9.65. The first-order valence-corrected chi connectivity index (χ1v) is 7.23. The molecule has 0 N–H and O–H groups in total. The molecule has 1 saturated heterocycles. The lowest BCUT2D eigenvalue weighted by molar-refractivity contribution is 0.630. The molecule has 0 amide bonds. The lowest BCUT2D eigenvalue weighted by Gasteiger charge is -2.35. The molecule has 0 radical (unpaired) electrons. The average molecular weight is 284 g/mol. The van der Waals surface area contributed by atoms with Gasteiger partial charge in [0.25, 0.3) is 0 Å². The molecule has 0 bridgehead atoms. The molecule has 3 heterocycles. The van der Waals surface area contributed by atoms with E-state index in [9.17, 15) is 0 Å². The van der Waals surface area contributed by atoms with Gasteiger partial charge in [-0.1, -0.05) is 0 Å². The Balaban J connectivity index is 1.72. The van der Waals surface area contributed by atoms with Gasteiger partial charge in [-0.15, -0.1) is 0 Å². The van der Waals surface area contributed by atoms with Crippen LogP contribution in [0.1, 0.15) is 17.1 Å². The van der Waals surface area contributed by atoms with Crippen LogP contribution in [0.3, 0.4) is 0 Å². The SMILES string of the molecule is Cc1cc(C)nc(N2CCN(c3nccnc3C)CC2)n1. The molecule has 0 aliphatic carbocycles. The number of hydrogen-bond acceptors (Lipinski definition) is 6. The van der Waals surface area contributed by atoms with Crippen molar-refractivity contribution in [3.63, 3.8) is 0 Å². The van der Waals surface area contributed by atoms with Crippen LogP contribution in [0.4, 0.5) is 11.8 Å². The summed E-state index contributed by atoms with van der Waals surface area (Å²) in [5, 5.41) is 0. The Morgan fingerprint density at radius 1 is 0.810 bits per heavy atom. The van der Waals surface area contributed by atoms with Gasteiger partial charge in [-0.2, -0.15) is 0 Å². The second-order valence-corrected chi connectivity index (χ2v) is 5.39. The second kappa shape index (κ2) is 5.63. The van der Waals surface area contributed by atoms with Gasteiger partial charge in [0.1, 0.15) is 5.82 Å². The van der Waals surface area contributed by atoms with E-state index < -0.39 is 0 Å². The van der Waals surface area contributed by atoms with Crippen LogP contribution >= 0.6 is 0 Å². The number of nitrogens with zero attached hydrogens (tertiary/aromatic N) is 6. The maximum atomic E-state index is 4.54. The van der Waals surface area contributed by atoms with E-state index in [4.69, 9.17) is 0 Å². The van der Waals surface area contributed by atoms with E-state index in [1.165, 1.54) is 0 Å². The molecule has 1 fully saturated rings. The van der Waals surface area contributed by atoms with Crippen molar-refractivity contribution in [2.45, 2.75) is 20.8 Å². The zero-order chi connectivity index (χ0) is 14.8. The molecule has 1 aliphatic rings. The number of aromatic nitrogens is 4. The fraction of sp³-hybridized carbons (Fsp3) is 0.467. The molecule has 3 rings (SSSR count). The van der Waals surface area contributed by atoms with E-state index >= 15 is 0 Å². The number of anilines is 2. The lowest BCUT2D eigenvalue weighted by Crippen LogP contribution is -2.47. The second-order valence-electron chi connectivity index (χ2n) is 5.39. The fourth-order valence-electron chi connectivity index (χ4n) is 2.68. The molecule has 0 saturated carbocycles. The number of hydrogen-bond donors (Lipinski definition) is 0. The number of aryl methyl sites for hydroxylation is 3. The highest BCUT2D eigenvalue weighted by atomic mass is 15.3. The van der Waals surface area contributed by atoms with Gasteiger partial charge in [0.15, 0.2) is 0 Å². The third kappa shape index (κ3) is 2.94. The number of rotatable bonds is 2. The van der Waals surface area contributed by atoms with Gasteiger partial charge in [-0.25, -0.2) is 15.0 Å². The highest BCUT2D eigenvalue weighted by Crippen LogP contribution is 2.18. The van der Waals surface area contributed by atoms with Crippen LogP contribution in [0.15, 0.2) is 18.5 Å². The molecule has 21 heavy (non-hydrogen) atoms. The third-order valence-corrected chi connectivity index (χ3v) is 3.69. The predicted octanol–water partition coefficient (Wildman–Crippen LogP) is 1.52. The summed E-state index contributed by atoms with van der Waals surface area (Å²) in [6.07, 6.45) is 3.49. The molecule has 6 heteroatoms. The number of piperazine rings is 1. The Hall–Kier alpha value is -2.24. The molecule has 0 atom stereocenters. The summed E-state index contributed by atoms with van der Waals surface area (Å²) in [5.41, 5.74) is 3.02. The van der Waals surface area contributed by atoms with Crippen molar-refractivity contribution >= 4 is 11.8 Å². The molecule has 110 valence electrons. The van der Waals surface area contributed by atoms with Crippen LogP contribution < -0.4 is 9.80 Å². The molecule has 1 aliphatic heterocycles. The van der Waals surface area contributed by atoms with Gasteiger partial charge in [-0.3, -0.25) is 4.98 Å². The van der Waals surface area contributed by atoms with E-state index in [1.807, 2.05) is 26.8 Å². The third-order valence-electron chi connectivity index (χ3n) is 3.69. The smallest absolute Gasteiger partial charge is 0.225 e. The minimum Gasteiger partial charge on any atom is -0.352 e. The van der Waals surface area contributed by atoms with Crippen LogP contribution in [0.5, 0.6) is 0 Å². The Kier molecular flexibility index (Phi) is 3.68. The van der Waals surface area contributed by atoms with Crippen molar-refractivity contribution in [1.29, 1.82) is 0 Å². The van der Waals surface area contributed by atoms with Crippen LogP contribution in [-0.2, 0) is 0 Å². The van der Waals surface area contributed by atoms with Crippen molar-refractivity contribution < 1.29 is 0 Å². The summed E-state index contributed by atoms with van der Waals surface area (Å²) < 4.78 is 0. The van der Waals surface area contributed by atoms with Gasteiger partial charge in [-0.05, 0) is 26.8 Å². The standard InChI is InChI=1S/C15H20N6/c1-11-10-12(2)19-15(18-11)21-8-6-20(7-9-21)14-13(3)16-4-5-17-14/h4-5,10H,6-9H2,1-3H3. The largest absolute Gasteiger partial charge is 0.352 e. The van der Waals surface area contributed by atoms with E-state index in [0.29, 0.717) is 0 Å². The monoisotopic (exact) mass is 284 g/mol. The van der Waals surface area contributed by atoms with Crippen molar-refractivity contribution in [1.82, 2.24) is 19.9 Å². The zero-order valence-electron chi connectivity index (χ0n) is 12.7. The Bertz CT molecular complexity index is 614. The van der Waals surface area contributed by atoms with Crippen LogP contribution in [-0.4, -0.2) is 46.1 Å². The molecule has 6 nitrogen and oxygen atoms in total. The van der Waals surface area contributed by atoms with Crippen LogP contribution in [0, 0.1) is 20.8 Å². The Labute approximate surface area is 124 Å². The summed E-state index contributed by atoms with van der Waals surface area (Å²) in [5.74, 6) is 1.82. The first-order valence-electron chi connectivity index (χ1n) is 7.23. The van der Waals surface area contributed by atoms with E-state index in [2.05, 4.69) is 29.7 Å². The van der Waals surface area contributed by atoms with Crippen molar-refractivity contribution in [2.75, 3.05) is 36.0 Å². The summed E-state index contributed by atoms with van der Waals surface area (Å²) in [6, 6.07) is 2.00. The fourth-order valence-corrected chi connectivity index (χ4v) is 2.68. The van der Waals surface area contributed by atoms with Crippen LogP contribution in [0.2, 0.25) is 0 Å². The summed E-state index contributed by atoms with van der Waals surface area (Å²) in [4.78, 5) is 22.4. The molecule has 2 aromatic rings. The molecular formula is C15H20N6. The minimum absolute atomic E-state index is 0.836. The van der Waals surface area contributed by atoms with Crippen molar-refractivity contribution in [3.8, 4) is 0 Å². The minimum atomic E-state index is 0.836. The Morgan fingerprint density at radius 2 is 1.38 bits per heavy atom. The topological polar surface area (TPSA) is 58.0 Å². The quantitative estimate of drug-likeness (QED) is 0.833. The van der Waals surface area contributed by atoms with Gasteiger partial charge >= 0.3 is 0 Å². The first kappa shape index (κ1) is 13.7. The van der Waals surface area contributed by atoms with E-state index in [1.54, 1.807) is 12.4 Å². The van der Waals surface area contributed by atoms with E-state index in [0.717, 1.165) is 55.0 Å². The Morgan fingerprint density at radius 3 is 2.00 bits per heavy atom. The van der Waals surface area contributed by atoms with Gasteiger partial charge in [0, 0.05) is 50.0 Å². The molecule has 0 spiro atoms. The predicted molar refractivity (Wildman–Crippen MR) is 82.7 cm³/mol. The maximum Gasteiger partial charge on any atom is 0.225 e. The normalized spacial score (nSPS) is 15.4. The molecule has 2 aromatic heterocycles. The zero-order valence-corrected chi connectivity index (χ0v) is 12.7. The summed E-state index contributed by atoms with van der Waals surface area (Å²) >= 11 is 0. The molecular weight excluding hydrogens is 264 g/mol. The highest BCUT2D eigenvalue weighted by molar-refractivity contribution is 5.45. The maximum absolute atomic E-state index is 4.54. The molecule has 0 unspecified atom stereocenters. The highest BCUT2D eigenvalue weighted by Gasteiger charge is 2.21. The van der Waals surface area contributed by atoms with Crippen molar-refractivity contribution in [3.05, 3.63) is 35.5 Å². The van der Waals surface area contributed by atoms with Gasteiger partial charge in [0.05, 0.1) is 5.69 Å².